The van der Waals surface area contributed by atoms with E-state index >= 15 is 0 Å². The highest BCUT2D eigenvalue weighted by molar-refractivity contribution is 5.77. The molecule has 0 bridgehead atoms. The summed E-state index contributed by atoms with van der Waals surface area (Å²) in [6.07, 6.45) is 1.29. The van der Waals surface area contributed by atoms with Gasteiger partial charge >= 0.3 is 0 Å². The van der Waals surface area contributed by atoms with Crippen LogP contribution in [0.25, 0.3) is 11.4 Å². The summed E-state index contributed by atoms with van der Waals surface area (Å²) in [5, 5.41) is 4.08. The van der Waals surface area contributed by atoms with E-state index in [1.54, 1.807) is 26.4 Å². The molecular formula is C25H31N3O5. The van der Waals surface area contributed by atoms with Crippen LogP contribution in [0.15, 0.2) is 53.1 Å². The van der Waals surface area contributed by atoms with Crippen molar-refractivity contribution in [1.82, 2.24) is 15.0 Å². The number of nitrogens with zero attached hydrogens (tertiary/aromatic N) is 3. The predicted molar refractivity (Wildman–Crippen MR) is 124 cm³/mol. The van der Waals surface area contributed by atoms with Crippen molar-refractivity contribution in [1.29, 1.82) is 0 Å². The zero-order chi connectivity index (χ0) is 23.6. The van der Waals surface area contributed by atoms with Gasteiger partial charge in [-0.25, -0.2) is 0 Å². The van der Waals surface area contributed by atoms with Crippen LogP contribution in [0.5, 0.6) is 11.5 Å². The average Bonchev–Trinajstić information content (AvgIpc) is 3.33. The van der Waals surface area contributed by atoms with E-state index in [0.29, 0.717) is 42.8 Å². The van der Waals surface area contributed by atoms with Gasteiger partial charge in [0.15, 0.2) is 11.5 Å². The fourth-order valence-electron chi connectivity index (χ4n) is 3.39. The summed E-state index contributed by atoms with van der Waals surface area (Å²) in [7, 11) is 3.16. The minimum absolute atomic E-state index is 0.0277. The smallest absolute Gasteiger partial charge is 0.248 e. The average molecular weight is 454 g/mol. The van der Waals surface area contributed by atoms with Gasteiger partial charge in [0.25, 0.3) is 0 Å². The molecule has 8 heteroatoms. The number of rotatable bonds is 12. The van der Waals surface area contributed by atoms with Gasteiger partial charge in [-0.2, -0.15) is 4.98 Å². The van der Waals surface area contributed by atoms with Crippen LogP contribution in [-0.2, 0) is 22.6 Å². The Morgan fingerprint density at radius 3 is 2.55 bits per heavy atom. The molecule has 1 amide bonds. The SMILES string of the molecule is CCC(C)N(CCc1nc(-c2ccc(OC)c(OC)c2)no1)C(=O)COCc1ccccc1. The highest BCUT2D eigenvalue weighted by Gasteiger charge is 2.20. The third kappa shape index (κ3) is 6.55. The lowest BCUT2D eigenvalue weighted by Gasteiger charge is -2.28. The van der Waals surface area contributed by atoms with Crippen molar-refractivity contribution < 1.29 is 23.5 Å². The van der Waals surface area contributed by atoms with Crippen LogP contribution in [-0.4, -0.2) is 54.4 Å². The molecule has 8 nitrogen and oxygen atoms in total. The Balaban J connectivity index is 1.60. The summed E-state index contributed by atoms with van der Waals surface area (Å²) in [5.74, 6) is 2.08. The summed E-state index contributed by atoms with van der Waals surface area (Å²) in [5.41, 5.74) is 1.79. The van der Waals surface area contributed by atoms with Crippen molar-refractivity contribution in [3.8, 4) is 22.9 Å². The Morgan fingerprint density at radius 1 is 1.09 bits per heavy atom. The second-order valence-corrected chi connectivity index (χ2v) is 7.65. The van der Waals surface area contributed by atoms with Gasteiger partial charge in [-0.1, -0.05) is 42.4 Å². The first-order valence-electron chi connectivity index (χ1n) is 11.0. The van der Waals surface area contributed by atoms with Gasteiger partial charge in [0.05, 0.1) is 20.8 Å². The Bertz CT molecular complexity index is 1020. The highest BCUT2D eigenvalue weighted by Crippen LogP contribution is 2.31. The fraction of sp³-hybridized carbons (Fsp3) is 0.400. The van der Waals surface area contributed by atoms with E-state index in [-0.39, 0.29) is 18.6 Å². The van der Waals surface area contributed by atoms with Crippen LogP contribution in [0.4, 0.5) is 0 Å². The van der Waals surface area contributed by atoms with Crippen LogP contribution in [0.2, 0.25) is 0 Å². The maximum atomic E-state index is 12.8. The minimum Gasteiger partial charge on any atom is -0.493 e. The van der Waals surface area contributed by atoms with E-state index in [9.17, 15) is 4.79 Å². The van der Waals surface area contributed by atoms with Crippen molar-refractivity contribution >= 4 is 5.91 Å². The Kier molecular flexibility index (Phi) is 8.83. The highest BCUT2D eigenvalue weighted by atomic mass is 16.5. The van der Waals surface area contributed by atoms with Gasteiger partial charge in [0.2, 0.25) is 17.6 Å². The fourth-order valence-corrected chi connectivity index (χ4v) is 3.39. The van der Waals surface area contributed by atoms with Crippen LogP contribution in [0, 0.1) is 0 Å². The van der Waals surface area contributed by atoms with Gasteiger partial charge in [-0.3, -0.25) is 4.79 Å². The molecule has 0 N–H and O–H groups in total. The topological polar surface area (TPSA) is 86.9 Å². The predicted octanol–water partition coefficient (Wildman–Crippen LogP) is 4.14. The van der Waals surface area contributed by atoms with Gasteiger partial charge in [-0.15, -0.1) is 0 Å². The second kappa shape index (κ2) is 12.0. The van der Waals surface area contributed by atoms with E-state index in [1.165, 1.54) is 0 Å². The minimum atomic E-state index is -0.0556. The molecule has 0 aliphatic rings. The van der Waals surface area contributed by atoms with Crippen LogP contribution >= 0.6 is 0 Å². The molecule has 1 atom stereocenters. The van der Waals surface area contributed by atoms with Crippen molar-refractivity contribution in [3.63, 3.8) is 0 Å². The third-order valence-corrected chi connectivity index (χ3v) is 5.46. The molecule has 0 spiro atoms. The Hall–Kier alpha value is -3.39. The number of carbonyl (C=O) groups excluding carboxylic acids is 1. The molecule has 0 saturated carbocycles. The summed E-state index contributed by atoms with van der Waals surface area (Å²) in [6.45, 7) is 4.98. The molecule has 1 unspecified atom stereocenters. The van der Waals surface area contributed by atoms with E-state index in [1.807, 2.05) is 48.2 Å². The number of amides is 1. The number of hydrogen-bond acceptors (Lipinski definition) is 7. The molecule has 0 saturated heterocycles. The molecule has 0 fully saturated rings. The first kappa shape index (κ1) is 24.3. The first-order chi connectivity index (χ1) is 16.0. The quantitative estimate of drug-likeness (QED) is 0.407. The van der Waals surface area contributed by atoms with Gasteiger partial charge in [0.1, 0.15) is 6.61 Å². The molecule has 3 aromatic rings. The van der Waals surface area contributed by atoms with E-state index in [0.717, 1.165) is 17.5 Å². The number of methoxy groups -OCH3 is 2. The van der Waals surface area contributed by atoms with Crippen molar-refractivity contribution in [2.75, 3.05) is 27.4 Å². The Labute approximate surface area is 194 Å². The third-order valence-electron chi connectivity index (χ3n) is 5.46. The van der Waals surface area contributed by atoms with Crippen molar-refractivity contribution in [3.05, 3.63) is 60.0 Å². The van der Waals surface area contributed by atoms with Crippen LogP contribution in [0.1, 0.15) is 31.7 Å². The van der Waals surface area contributed by atoms with Gasteiger partial charge < -0.3 is 23.6 Å². The number of carbonyl (C=O) groups is 1. The molecule has 0 aliphatic heterocycles. The number of aromatic nitrogens is 2. The summed E-state index contributed by atoms with van der Waals surface area (Å²) in [4.78, 5) is 19.1. The lowest BCUT2D eigenvalue weighted by atomic mass is 10.2. The summed E-state index contributed by atoms with van der Waals surface area (Å²) >= 11 is 0. The number of ether oxygens (including phenoxy) is 3. The molecule has 176 valence electrons. The first-order valence-corrected chi connectivity index (χ1v) is 11.0. The van der Waals surface area contributed by atoms with Crippen molar-refractivity contribution in [2.45, 2.75) is 39.3 Å². The number of benzene rings is 2. The normalized spacial score (nSPS) is 11.8. The summed E-state index contributed by atoms with van der Waals surface area (Å²) < 4.78 is 21.7. The van der Waals surface area contributed by atoms with Crippen LogP contribution in [0.3, 0.4) is 0 Å². The maximum Gasteiger partial charge on any atom is 0.248 e. The molecule has 0 aliphatic carbocycles. The second-order valence-electron chi connectivity index (χ2n) is 7.65. The lowest BCUT2D eigenvalue weighted by molar-refractivity contribution is -0.138. The standard InChI is InChI=1S/C25H31N3O5/c1-5-18(2)28(24(29)17-32-16-19-9-7-6-8-10-19)14-13-23-26-25(27-33-23)20-11-12-21(30-3)22(15-20)31-4/h6-12,15,18H,5,13-14,16-17H2,1-4H3. The summed E-state index contributed by atoms with van der Waals surface area (Å²) in [6, 6.07) is 15.3. The number of hydrogen-bond donors (Lipinski definition) is 0. The zero-order valence-corrected chi connectivity index (χ0v) is 19.6. The monoisotopic (exact) mass is 453 g/mol. The van der Waals surface area contributed by atoms with Crippen LogP contribution < -0.4 is 9.47 Å². The largest absolute Gasteiger partial charge is 0.493 e. The van der Waals surface area contributed by atoms with Crippen molar-refractivity contribution in [2.24, 2.45) is 0 Å². The van der Waals surface area contributed by atoms with Gasteiger partial charge in [0, 0.05) is 24.6 Å². The zero-order valence-electron chi connectivity index (χ0n) is 19.6. The van der Waals surface area contributed by atoms with E-state index < -0.39 is 0 Å². The molecule has 2 aromatic carbocycles. The molecule has 1 heterocycles. The molecule has 1 aromatic heterocycles. The van der Waals surface area contributed by atoms with E-state index in [2.05, 4.69) is 17.1 Å². The maximum absolute atomic E-state index is 12.8. The Morgan fingerprint density at radius 2 is 1.85 bits per heavy atom. The lowest BCUT2D eigenvalue weighted by Crippen LogP contribution is -2.41. The molecule has 0 radical (unpaired) electrons. The molecule has 3 rings (SSSR count). The molecule has 33 heavy (non-hydrogen) atoms. The van der Waals surface area contributed by atoms with E-state index in [4.69, 9.17) is 18.7 Å². The van der Waals surface area contributed by atoms with Gasteiger partial charge in [-0.05, 0) is 37.1 Å². The molecular weight excluding hydrogens is 422 g/mol.